The number of hydrazine groups is 1. The molecule has 2 aliphatic heterocycles. The molecule has 208 valence electrons. The highest BCUT2D eigenvalue weighted by molar-refractivity contribution is 7.03. The fraction of sp³-hybridized carbons (Fsp3) is 0.538. The van der Waals surface area contributed by atoms with Crippen molar-refractivity contribution in [3.8, 4) is 5.69 Å². The van der Waals surface area contributed by atoms with Gasteiger partial charge in [-0.15, -0.1) is 0 Å². The zero-order valence-electron chi connectivity index (χ0n) is 23.2. The Kier molecular flexibility index (Phi) is 7.29. The van der Waals surface area contributed by atoms with Crippen molar-refractivity contribution in [1.29, 1.82) is 0 Å². The zero-order chi connectivity index (χ0) is 27.9. The quantitative estimate of drug-likeness (QED) is 0.424. The second-order valence-corrected chi connectivity index (χ2v) is 12.1. The number of aromatic nitrogens is 5. The van der Waals surface area contributed by atoms with E-state index in [9.17, 15) is 9.59 Å². The fourth-order valence-corrected chi connectivity index (χ4v) is 5.54. The van der Waals surface area contributed by atoms with Crippen LogP contribution in [0.4, 0.5) is 16.6 Å². The first-order valence-corrected chi connectivity index (χ1v) is 14.1. The van der Waals surface area contributed by atoms with E-state index in [0.29, 0.717) is 31.4 Å². The highest BCUT2D eigenvalue weighted by Gasteiger charge is 2.41. The minimum atomic E-state index is -0.344. The molecule has 39 heavy (non-hydrogen) atoms. The number of amides is 3. The van der Waals surface area contributed by atoms with Gasteiger partial charge in [0.05, 0.1) is 35.7 Å². The molecule has 5 rings (SSSR count). The molecule has 5 heterocycles. The molecule has 3 aromatic rings. The van der Waals surface area contributed by atoms with Gasteiger partial charge in [0.25, 0.3) is 0 Å². The van der Waals surface area contributed by atoms with Crippen LogP contribution in [0.3, 0.4) is 0 Å². The van der Waals surface area contributed by atoms with Gasteiger partial charge in [-0.3, -0.25) is 15.1 Å². The molecule has 0 aromatic carbocycles. The molecular weight excluding hydrogens is 516 g/mol. The summed E-state index contributed by atoms with van der Waals surface area (Å²) in [7, 11) is 1.77. The Bertz CT molecular complexity index is 1350. The Labute approximate surface area is 232 Å². The van der Waals surface area contributed by atoms with Crippen LogP contribution in [0.1, 0.15) is 63.9 Å². The summed E-state index contributed by atoms with van der Waals surface area (Å²) in [5.74, 6) is 0.871. The lowest BCUT2D eigenvalue weighted by atomic mass is 9.86. The highest BCUT2D eigenvalue weighted by atomic mass is 32.1. The lowest BCUT2D eigenvalue weighted by Crippen LogP contribution is -2.51. The van der Waals surface area contributed by atoms with Gasteiger partial charge in [0.1, 0.15) is 5.82 Å². The minimum absolute atomic E-state index is 0.0336. The first kappa shape index (κ1) is 27.0. The van der Waals surface area contributed by atoms with Crippen LogP contribution < -0.4 is 16.0 Å². The fourth-order valence-electron chi connectivity index (χ4n) is 5.04. The summed E-state index contributed by atoms with van der Waals surface area (Å²) in [5, 5.41) is 19.5. The second-order valence-electron chi connectivity index (χ2n) is 11.4. The molecule has 12 nitrogen and oxygen atoms in total. The van der Waals surface area contributed by atoms with Crippen LogP contribution in [0.25, 0.3) is 5.69 Å². The average Bonchev–Trinajstić information content (AvgIpc) is 3.64. The van der Waals surface area contributed by atoms with E-state index in [4.69, 9.17) is 5.10 Å². The van der Waals surface area contributed by atoms with Crippen molar-refractivity contribution in [3.63, 3.8) is 0 Å². The Hall–Kier alpha value is -3.58. The smallest absolute Gasteiger partial charge is 0.320 e. The Morgan fingerprint density at radius 3 is 2.69 bits per heavy atom. The minimum Gasteiger partial charge on any atom is -0.357 e. The van der Waals surface area contributed by atoms with Gasteiger partial charge in [-0.05, 0) is 23.9 Å². The predicted molar refractivity (Wildman–Crippen MR) is 150 cm³/mol. The van der Waals surface area contributed by atoms with Crippen LogP contribution in [0.2, 0.25) is 0 Å². The number of anilines is 2. The van der Waals surface area contributed by atoms with Crippen LogP contribution in [0, 0.1) is 5.92 Å². The number of carbonyl (C=O) groups excluding carboxylic acids is 2. The van der Waals surface area contributed by atoms with Gasteiger partial charge in [-0.1, -0.05) is 34.6 Å². The van der Waals surface area contributed by atoms with Gasteiger partial charge < -0.3 is 10.6 Å². The number of nitrogens with zero attached hydrogens (tertiary/aromatic N) is 7. The molecule has 3 amide bonds. The molecule has 13 heteroatoms. The monoisotopic (exact) mass is 552 g/mol. The Morgan fingerprint density at radius 2 is 2.03 bits per heavy atom. The molecule has 1 fully saturated rings. The SMILES string of the molecule is CNc1ncc2c(n1)C(C(C)C)C(=O)N(N1CCC(NC(=O)Nc3cc(C(C)(C)C)nn3-c3cnsc3)C1)C2. The van der Waals surface area contributed by atoms with Crippen molar-refractivity contribution in [3.05, 3.63) is 40.8 Å². The van der Waals surface area contributed by atoms with E-state index in [1.165, 1.54) is 11.5 Å². The van der Waals surface area contributed by atoms with Gasteiger partial charge in [0, 0.05) is 54.8 Å². The molecule has 2 unspecified atom stereocenters. The standard InChI is InChI=1S/C26H36N10O2S/c1-15(2)21-22-16(10-28-24(27-6)32-22)12-35(23(21)37)34-8-7-17(13-34)30-25(38)31-20-9-19(26(3,4)5)33-36(20)18-11-29-39-14-18/h9-11,14-15,17,21H,7-8,12-13H2,1-6H3,(H,27,28,32)(H2,30,31,38). The molecule has 3 N–H and O–H groups in total. The topological polar surface area (TPSA) is 133 Å². The van der Waals surface area contributed by atoms with Gasteiger partial charge in [-0.2, -0.15) is 9.47 Å². The van der Waals surface area contributed by atoms with Gasteiger partial charge in [0.15, 0.2) is 0 Å². The summed E-state index contributed by atoms with van der Waals surface area (Å²) in [6, 6.07) is 1.48. The van der Waals surface area contributed by atoms with Gasteiger partial charge in [-0.25, -0.2) is 24.5 Å². The van der Waals surface area contributed by atoms with E-state index in [1.807, 2.05) is 35.3 Å². The Balaban J connectivity index is 1.27. The summed E-state index contributed by atoms with van der Waals surface area (Å²) in [5.41, 5.74) is 3.23. The molecule has 2 aliphatic rings. The number of rotatable bonds is 6. The number of urea groups is 1. The lowest BCUT2D eigenvalue weighted by Gasteiger charge is -2.39. The molecule has 1 saturated heterocycles. The van der Waals surface area contributed by atoms with Crippen molar-refractivity contribution in [2.24, 2.45) is 5.92 Å². The molecule has 3 aromatic heterocycles. The van der Waals surface area contributed by atoms with Crippen molar-refractivity contribution in [2.45, 2.75) is 65.0 Å². The van der Waals surface area contributed by atoms with E-state index in [-0.39, 0.29) is 35.2 Å². The largest absolute Gasteiger partial charge is 0.357 e. The van der Waals surface area contributed by atoms with Crippen LogP contribution in [0.5, 0.6) is 0 Å². The lowest BCUT2D eigenvalue weighted by molar-refractivity contribution is -0.153. The van der Waals surface area contributed by atoms with Crippen molar-refractivity contribution in [2.75, 3.05) is 30.8 Å². The predicted octanol–water partition coefficient (Wildman–Crippen LogP) is 3.35. The summed E-state index contributed by atoms with van der Waals surface area (Å²) in [6.45, 7) is 11.9. The maximum absolute atomic E-state index is 13.6. The molecular formula is C26H36N10O2S. The summed E-state index contributed by atoms with van der Waals surface area (Å²) >= 11 is 1.33. The number of carbonyl (C=O) groups is 2. The Morgan fingerprint density at radius 1 is 1.23 bits per heavy atom. The summed E-state index contributed by atoms with van der Waals surface area (Å²) < 4.78 is 5.89. The third-order valence-corrected chi connectivity index (χ3v) is 7.72. The first-order chi connectivity index (χ1) is 18.5. The molecule has 0 bridgehead atoms. The first-order valence-electron chi connectivity index (χ1n) is 13.2. The van der Waals surface area contributed by atoms with Crippen molar-refractivity contribution in [1.82, 2.24) is 39.5 Å². The van der Waals surface area contributed by atoms with E-state index < -0.39 is 0 Å². The number of nitrogens with one attached hydrogen (secondary N) is 3. The molecule has 0 radical (unpaired) electrons. The average molecular weight is 553 g/mol. The van der Waals surface area contributed by atoms with Crippen LogP contribution in [0.15, 0.2) is 23.8 Å². The van der Waals surface area contributed by atoms with E-state index >= 15 is 0 Å². The van der Waals surface area contributed by atoms with E-state index in [2.05, 4.69) is 51.1 Å². The normalized spacial score (nSPS) is 19.9. The maximum Gasteiger partial charge on any atom is 0.320 e. The van der Waals surface area contributed by atoms with E-state index in [0.717, 1.165) is 29.1 Å². The van der Waals surface area contributed by atoms with Crippen molar-refractivity contribution >= 4 is 35.2 Å². The maximum atomic E-state index is 13.6. The number of hydrogen-bond acceptors (Lipinski definition) is 9. The van der Waals surface area contributed by atoms with Crippen LogP contribution in [-0.2, 0) is 16.8 Å². The summed E-state index contributed by atoms with van der Waals surface area (Å²) in [4.78, 5) is 35.7. The third kappa shape index (κ3) is 5.46. The molecule has 0 saturated carbocycles. The van der Waals surface area contributed by atoms with Gasteiger partial charge >= 0.3 is 6.03 Å². The molecule has 0 spiro atoms. The zero-order valence-corrected chi connectivity index (χ0v) is 24.0. The van der Waals surface area contributed by atoms with Crippen LogP contribution in [-0.4, -0.2) is 72.3 Å². The second kappa shape index (κ2) is 10.5. The van der Waals surface area contributed by atoms with Crippen LogP contribution >= 0.6 is 11.5 Å². The number of hydrogen-bond donors (Lipinski definition) is 3. The summed E-state index contributed by atoms with van der Waals surface area (Å²) in [6.07, 6.45) is 4.26. The number of fused-ring (bicyclic) bond motifs is 1. The molecule has 0 aliphatic carbocycles. The molecule has 2 atom stereocenters. The third-order valence-electron chi connectivity index (χ3n) is 7.15. The van der Waals surface area contributed by atoms with Crippen molar-refractivity contribution < 1.29 is 9.59 Å². The highest BCUT2D eigenvalue weighted by Crippen LogP contribution is 2.35. The van der Waals surface area contributed by atoms with Gasteiger partial charge in [0.2, 0.25) is 11.9 Å². The van der Waals surface area contributed by atoms with E-state index in [1.54, 1.807) is 24.1 Å².